The van der Waals surface area contributed by atoms with Crippen molar-refractivity contribution in [3.05, 3.63) is 23.9 Å². The van der Waals surface area contributed by atoms with Gasteiger partial charge in [0.15, 0.2) is 5.03 Å². The van der Waals surface area contributed by atoms with Crippen molar-refractivity contribution in [3.63, 3.8) is 0 Å². The Hall–Kier alpha value is -0.630. The standard InChI is InChI=1S/C13H23N3O2S2/c1-5-14-8-12-6-7-13(15-9-12)20(17,18)16(3)11(2)10-19-4/h6-7,9,11,14H,5,8,10H2,1-4H3. The zero-order valence-electron chi connectivity index (χ0n) is 12.5. The van der Waals surface area contributed by atoms with Gasteiger partial charge >= 0.3 is 0 Å². The van der Waals surface area contributed by atoms with Crippen molar-refractivity contribution in [1.29, 1.82) is 0 Å². The molecule has 0 aliphatic heterocycles. The summed E-state index contributed by atoms with van der Waals surface area (Å²) in [6.07, 6.45) is 3.58. The normalized spacial score (nSPS) is 13.7. The van der Waals surface area contributed by atoms with Crippen LogP contribution in [0.15, 0.2) is 23.4 Å². The van der Waals surface area contributed by atoms with Gasteiger partial charge in [-0.05, 0) is 31.4 Å². The van der Waals surface area contributed by atoms with Crippen LogP contribution in [0.4, 0.5) is 0 Å². The van der Waals surface area contributed by atoms with Crippen molar-refractivity contribution >= 4 is 21.8 Å². The second-order valence-corrected chi connectivity index (χ2v) is 7.47. The molecule has 5 nitrogen and oxygen atoms in total. The predicted molar refractivity (Wildman–Crippen MR) is 84.4 cm³/mol. The first-order chi connectivity index (χ1) is 9.43. The summed E-state index contributed by atoms with van der Waals surface area (Å²) in [5, 5.41) is 3.28. The molecule has 0 aliphatic rings. The van der Waals surface area contributed by atoms with Crippen LogP contribution < -0.4 is 5.32 Å². The molecular formula is C13H23N3O2S2. The van der Waals surface area contributed by atoms with E-state index in [0.29, 0.717) is 6.54 Å². The number of nitrogens with zero attached hydrogens (tertiary/aromatic N) is 2. The summed E-state index contributed by atoms with van der Waals surface area (Å²) in [6, 6.07) is 3.32. The highest BCUT2D eigenvalue weighted by molar-refractivity contribution is 7.98. The van der Waals surface area contributed by atoms with Crippen molar-refractivity contribution in [3.8, 4) is 0 Å². The van der Waals surface area contributed by atoms with Crippen molar-refractivity contribution < 1.29 is 8.42 Å². The molecule has 1 atom stereocenters. The van der Waals surface area contributed by atoms with Gasteiger partial charge in [-0.1, -0.05) is 13.0 Å². The second-order valence-electron chi connectivity index (χ2n) is 4.61. The predicted octanol–water partition coefficient (Wildman–Crippen LogP) is 1.56. The topological polar surface area (TPSA) is 62.3 Å². The first-order valence-electron chi connectivity index (χ1n) is 6.56. The van der Waals surface area contributed by atoms with Crippen molar-refractivity contribution in [2.45, 2.75) is 31.5 Å². The third kappa shape index (κ3) is 4.44. The van der Waals surface area contributed by atoms with E-state index in [2.05, 4.69) is 10.3 Å². The largest absolute Gasteiger partial charge is 0.313 e. The van der Waals surface area contributed by atoms with Crippen LogP contribution >= 0.6 is 11.8 Å². The molecule has 1 aromatic rings. The van der Waals surface area contributed by atoms with Gasteiger partial charge in [-0.25, -0.2) is 13.4 Å². The molecule has 114 valence electrons. The molecule has 0 aromatic carbocycles. The van der Waals surface area contributed by atoms with E-state index in [1.807, 2.05) is 20.1 Å². The molecule has 0 bridgehead atoms. The van der Waals surface area contributed by atoms with E-state index in [9.17, 15) is 8.42 Å². The van der Waals surface area contributed by atoms with Crippen LogP contribution in [0.25, 0.3) is 0 Å². The maximum Gasteiger partial charge on any atom is 0.260 e. The molecule has 0 saturated heterocycles. The number of nitrogens with one attached hydrogen (secondary N) is 1. The highest BCUT2D eigenvalue weighted by Gasteiger charge is 2.26. The third-order valence-corrected chi connectivity index (χ3v) is 5.75. The summed E-state index contributed by atoms with van der Waals surface area (Å²) in [6.45, 7) is 5.49. The Kier molecular flexibility index (Phi) is 6.94. The lowest BCUT2D eigenvalue weighted by atomic mass is 10.3. The lowest BCUT2D eigenvalue weighted by Crippen LogP contribution is -2.37. The van der Waals surface area contributed by atoms with E-state index < -0.39 is 10.0 Å². The van der Waals surface area contributed by atoms with Crippen LogP contribution in [0.3, 0.4) is 0 Å². The van der Waals surface area contributed by atoms with Gasteiger partial charge in [0.2, 0.25) is 0 Å². The van der Waals surface area contributed by atoms with Gasteiger partial charge in [0.05, 0.1) is 0 Å². The molecule has 1 aromatic heterocycles. The summed E-state index contributed by atoms with van der Waals surface area (Å²) in [5.74, 6) is 0.758. The Balaban J connectivity index is 2.87. The Labute approximate surface area is 126 Å². The summed E-state index contributed by atoms with van der Waals surface area (Å²) in [7, 11) is -1.91. The molecule has 20 heavy (non-hydrogen) atoms. The maximum absolute atomic E-state index is 12.4. The SMILES string of the molecule is CCNCc1ccc(S(=O)(=O)N(C)C(C)CSC)nc1. The second kappa shape index (κ2) is 7.97. The highest BCUT2D eigenvalue weighted by atomic mass is 32.2. The number of thioether (sulfide) groups is 1. The van der Waals surface area contributed by atoms with E-state index in [4.69, 9.17) is 0 Å². The molecule has 0 saturated carbocycles. The highest BCUT2D eigenvalue weighted by Crippen LogP contribution is 2.16. The molecule has 0 aliphatic carbocycles. The number of sulfonamides is 1. The molecule has 1 heterocycles. The van der Waals surface area contributed by atoms with Crippen LogP contribution in [0.2, 0.25) is 0 Å². The minimum absolute atomic E-state index is 0.0572. The fourth-order valence-electron chi connectivity index (χ4n) is 1.67. The van der Waals surface area contributed by atoms with Crippen LogP contribution in [0.5, 0.6) is 0 Å². The Morgan fingerprint density at radius 3 is 2.65 bits per heavy atom. The molecule has 0 spiro atoms. The minimum Gasteiger partial charge on any atom is -0.313 e. The lowest BCUT2D eigenvalue weighted by molar-refractivity contribution is 0.413. The van der Waals surface area contributed by atoms with Crippen molar-refractivity contribution in [1.82, 2.24) is 14.6 Å². The van der Waals surface area contributed by atoms with Gasteiger partial charge in [0, 0.05) is 31.6 Å². The molecule has 1 unspecified atom stereocenters. The van der Waals surface area contributed by atoms with Crippen molar-refractivity contribution in [2.75, 3.05) is 25.6 Å². The van der Waals surface area contributed by atoms with E-state index in [-0.39, 0.29) is 11.1 Å². The molecule has 0 amide bonds. The number of pyridine rings is 1. The van der Waals surface area contributed by atoms with E-state index in [0.717, 1.165) is 17.9 Å². The summed E-state index contributed by atoms with van der Waals surface area (Å²) >= 11 is 1.63. The molecular weight excluding hydrogens is 294 g/mol. The first-order valence-corrected chi connectivity index (χ1v) is 9.39. The maximum atomic E-state index is 12.4. The van der Waals surface area contributed by atoms with E-state index in [1.54, 1.807) is 37.1 Å². The molecule has 0 fully saturated rings. The van der Waals surface area contributed by atoms with Gasteiger partial charge in [-0.3, -0.25) is 0 Å². The Bertz CT molecular complexity index is 503. The van der Waals surface area contributed by atoms with Crippen molar-refractivity contribution in [2.24, 2.45) is 0 Å². The quantitative estimate of drug-likeness (QED) is 0.788. The number of hydrogen-bond acceptors (Lipinski definition) is 5. The third-order valence-electron chi connectivity index (χ3n) is 3.05. The molecule has 1 N–H and O–H groups in total. The minimum atomic E-state index is -3.51. The van der Waals surface area contributed by atoms with E-state index >= 15 is 0 Å². The smallest absolute Gasteiger partial charge is 0.260 e. The van der Waals surface area contributed by atoms with Gasteiger partial charge in [-0.15, -0.1) is 0 Å². The van der Waals surface area contributed by atoms with Gasteiger partial charge < -0.3 is 5.32 Å². The summed E-state index contributed by atoms with van der Waals surface area (Å²) in [4.78, 5) is 4.09. The Morgan fingerprint density at radius 2 is 2.15 bits per heavy atom. The number of rotatable bonds is 8. The zero-order valence-corrected chi connectivity index (χ0v) is 14.1. The van der Waals surface area contributed by atoms with Gasteiger partial charge in [0.1, 0.15) is 0 Å². The number of aromatic nitrogens is 1. The van der Waals surface area contributed by atoms with Crippen LogP contribution in [-0.2, 0) is 16.6 Å². The van der Waals surface area contributed by atoms with Crippen LogP contribution in [-0.4, -0.2) is 49.3 Å². The van der Waals surface area contributed by atoms with Gasteiger partial charge in [0.25, 0.3) is 10.0 Å². The van der Waals surface area contributed by atoms with E-state index in [1.165, 1.54) is 4.31 Å². The molecule has 0 radical (unpaired) electrons. The number of hydrogen-bond donors (Lipinski definition) is 1. The average Bonchev–Trinajstić information content (AvgIpc) is 2.45. The summed E-state index contributed by atoms with van der Waals surface area (Å²) in [5.41, 5.74) is 0.977. The van der Waals surface area contributed by atoms with Crippen LogP contribution in [0.1, 0.15) is 19.4 Å². The fraction of sp³-hybridized carbons (Fsp3) is 0.615. The lowest BCUT2D eigenvalue weighted by Gasteiger charge is -2.23. The summed E-state index contributed by atoms with van der Waals surface area (Å²) < 4.78 is 26.2. The van der Waals surface area contributed by atoms with Crippen LogP contribution in [0, 0.1) is 0 Å². The van der Waals surface area contributed by atoms with Gasteiger partial charge in [-0.2, -0.15) is 16.1 Å². The first kappa shape index (κ1) is 17.4. The molecule has 7 heteroatoms. The zero-order chi connectivity index (χ0) is 15.2. The molecule has 1 rings (SSSR count). The average molecular weight is 317 g/mol. The fourth-order valence-corrected chi connectivity index (χ4v) is 3.74. The monoisotopic (exact) mass is 317 g/mol. The Morgan fingerprint density at radius 1 is 1.45 bits per heavy atom.